The quantitative estimate of drug-likeness (QED) is 0.393. The maximum atomic E-state index is 11.8. The fourth-order valence-electron chi connectivity index (χ4n) is 1.81. The van der Waals surface area contributed by atoms with E-state index in [2.05, 4.69) is 9.97 Å². The molecule has 2 aromatic heterocycles. The van der Waals surface area contributed by atoms with Crippen molar-refractivity contribution in [3.8, 4) is 11.4 Å². The molecule has 0 saturated carbocycles. The van der Waals surface area contributed by atoms with E-state index >= 15 is 0 Å². The predicted molar refractivity (Wildman–Crippen MR) is 58.9 cm³/mol. The van der Waals surface area contributed by atoms with Gasteiger partial charge < -0.3 is 9.11 Å². The van der Waals surface area contributed by atoms with Gasteiger partial charge in [-0.3, -0.25) is 13.2 Å². The van der Waals surface area contributed by atoms with E-state index in [1.54, 1.807) is 0 Å². The van der Waals surface area contributed by atoms with Gasteiger partial charge in [-0.05, 0) is 12.1 Å². The minimum absolute atomic E-state index is 0.0868. The third-order valence-corrected chi connectivity index (χ3v) is 2.45. The van der Waals surface area contributed by atoms with Gasteiger partial charge in [0.25, 0.3) is 11.4 Å². The summed E-state index contributed by atoms with van der Waals surface area (Å²) in [7, 11) is -5.17. The number of carbonyl (C=O) groups is 1. The van der Waals surface area contributed by atoms with Crippen molar-refractivity contribution < 1.29 is 32.3 Å². The standard InChI is InChI=1S/C11H6N2O.H2O4S/c14-11-7-3-1-5-12-9(7)10-8(11)4-2-6-13-10;1-5(2,3)4/h1-6H;(H2,1,2,3,4). The average Bonchev–Trinajstić information content (AvgIpc) is 2.63. The van der Waals surface area contributed by atoms with Crippen LogP contribution in [0.15, 0.2) is 36.7 Å². The lowest BCUT2D eigenvalue weighted by atomic mass is 10.1. The molecule has 19 heavy (non-hydrogen) atoms. The zero-order valence-corrected chi connectivity index (χ0v) is 10.2. The molecule has 8 heteroatoms. The van der Waals surface area contributed by atoms with Crippen molar-refractivity contribution in [1.29, 1.82) is 0 Å². The van der Waals surface area contributed by atoms with E-state index in [4.69, 9.17) is 17.5 Å². The van der Waals surface area contributed by atoms with Crippen molar-refractivity contribution >= 4 is 16.2 Å². The molecule has 0 atom stereocenters. The van der Waals surface area contributed by atoms with Gasteiger partial charge in [-0.2, -0.15) is 0 Å². The normalized spacial score (nSPS) is 12.2. The van der Waals surface area contributed by atoms with Gasteiger partial charge in [0.05, 0.1) is 0 Å². The van der Waals surface area contributed by atoms with Crippen LogP contribution in [0.4, 0.5) is 0 Å². The van der Waals surface area contributed by atoms with Crippen LogP contribution in [0, 0.1) is 0 Å². The Morgan fingerprint density at radius 2 is 1.26 bits per heavy atom. The maximum absolute atomic E-state index is 11.8. The molecule has 3 rings (SSSR count). The molecule has 2 heterocycles. The van der Waals surface area contributed by atoms with Crippen LogP contribution in [0.25, 0.3) is 11.4 Å². The Kier molecular flexibility index (Phi) is 3.38. The van der Waals surface area contributed by atoms with Crippen LogP contribution in [0.2, 0.25) is 0 Å². The summed E-state index contributed by atoms with van der Waals surface area (Å²) < 4.78 is 34.1. The van der Waals surface area contributed by atoms with E-state index in [1.807, 2.05) is 36.7 Å². The molecule has 0 bridgehead atoms. The summed E-state index contributed by atoms with van der Waals surface area (Å²) in [4.78, 5) is 18.0. The molecule has 2 aromatic rings. The molecule has 0 aromatic carbocycles. The zero-order chi connectivity index (χ0) is 14.0. The van der Waals surface area contributed by atoms with Gasteiger partial charge in [0, 0.05) is 22.5 Å². The summed E-state index contributed by atoms with van der Waals surface area (Å²) >= 11 is 0. The van der Waals surface area contributed by atoms with E-state index in [-0.39, 0.29) is 5.78 Å². The molecule has 0 radical (unpaired) electrons. The van der Waals surface area contributed by atoms with Crippen LogP contribution < -0.4 is 9.97 Å². The highest BCUT2D eigenvalue weighted by atomic mass is 32.3. The molecular formula is C11H8N2O5S. The molecule has 7 nitrogen and oxygen atoms in total. The smallest absolute Gasteiger partial charge is 0.287 e. The van der Waals surface area contributed by atoms with E-state index in [9.17, 15) is 4.79 Å². The van der Waals surface area contributed by atoms with Gasteiger partial charge in [0.1, 0.15) is 11.1 Å². The number of hydrogen-bond acceptors (Lipinski definition) is 5. The summed E-state index contributed by atoms with van der Waals surface area (Å²) in [5, 5.41) is 0. The Bertz CT molecular complexity index is 687. The summed E-state index contributed by atoms with van der Waals surface area (Å²) in [5.74, 6) is 0.0868. The van der Waals surface area contributed by atoms with E-state index < -0.39 is 10.4 Å². The van der Waals surface area contributed by atoms with Crippen LogP contribution in [-0.2, 0) is 10.4 Å². The van der Waals surface area contributed by atoms with E-state index in [1.165, 1.54) is 0 Å². The highest BCUT2D eigenvalue weighted by Crippen LogP contribution is 2.28. The molecule has 0 spiro atoms. The van der Waals surface area contributed by atoms with Crippen molar-refractivity contribution in [3.05, 3.63) is 47.8 Å². The van der Waals surface area contributed by atoms with Gasteiger partial charge in [-0.15, -0.1) is 0 Å². The molecule has 0 saturated heterocycles. The number of rotatable bonds is 0. The molecule has 1 aliphatic rings. The van der Waals surface area contributed by atoms with Gasteiger partial charge in [0.2, 0.25) is 5.78 Å². The number of pyridine rings is 2. The third kappa shape index (κ3) is 2.99. The molecule has 98 valence electrons. The number of ketones is 1. The monoisotopic (exact) mass is 280 g/mol. The summed E-state index contributed by atoms with van der Waals surface area (Å²) in [6.45, 7) is 0. The Hall–Kier alpha value is -2.16. The zero-order valence-electron chi connectivity index (χ0n) is 9.41. The first-order chi connectivity index (χ1) is 8.88. The predicted octanol–water partition coefficient (Wildman–Crippen LogP) is -0.812. The minimum Gasteiger partial charge on any atom is -0.759 e. The number of aromatic amines is 2. The molecule has 0 fully saturated rings. The second kappa shape index (κ2) is 4.84. The number of hydrogen-bond donors (Lipinski definition) is 0. The Balaban J connectivity index is 0.000000232. The summed E-state index contributed by atoms with van der Waals surface area (Å²) in [5.41, 5.74) is 3.25. The number of carbonyl (C=O) groups excluding carboxylic acids is 1. The fourth-order valence-corrected chi connectivity index (χ4v) is 1.81. The largest absolute Gasteiger partial charge is 0.759 e. The van der Waals surface area contributed by atoms with Crippen LogP contribution in [0.1, 0.15) is 15.9 Å². The van der Waals surface area contributed by atoms with Crippen LogP contribution >= 0.6 is 0 Å². The number of aromatic nitrogens is 2. The molecule has 0 amide bonds. The molecule has 0 aliphatic heterocycles. The highest BCUT2D eigenvalue weighted by molar-refractivity contribution is 7.79. The van der Waals surface area contributed by atoms with E-state index in [0.717, 1.165) is 22.5 Å². The maximum Gasteiger partial charge on any atom is 0.287 e. The molecule has 0 unspecified atom stereocenters. The lowest BCUT2D eigenvalue weighted by molar-refractivity contribution is -0.401. The lowest BCUT2D eigenvalue weighted by Gasteiger charge is -2.06. The SMILES string of the molecule is O=C1c2ccc[nH+]c2-c2[nH+]cccc21.O=S(=O)([O-])[O-]. The number of nitrogens with one attached hydrogen (secondary N) is 2. The van der Waals surface area contributed by atoms with Gasteiger partial charge in [0.15, 0.2) is 12.4 Å². The van der Waals surface area contributed by atoms with Crippen molar-refractivity contribution in [2.75, 3.05) is 0 Å². The van der Waals surface area contributed by atoms with Crippen molar-refractivity contribution in [3.63, 3.8) is 0 Å². The van der Waals surface area contributed by atoms with Gasteiger partial charge in [-0.1, -0.05) is 0 Å². The van der Waals surface area contributed by atoms with Crippen LogP contribution in [-0.4, -0.2) is 23.3 Å². The first-order valence-electron chi connectivity index (χ1n) is 5.11. The topological polar surface area (TPSA) is 126 Å². The van der Waals surface area contributed by atoms with Crippen LogP contribution in [0.3, 0.4) is 0 Å². The first-order valence-corrected chi connectivity index (χ1v) is 6.44. The van der Waals surface area contributed by atoms with Gasteiger partial charge in [-0.25, -0.2) is 9.97 Å². The Morgan fingerprint density at radius 1 is 0.895 bits per heavy atom. The fraction of sp³-hybridized carbons (Fsp3) is 0. The molecule has 2 N–H and O–H groups in total. The van der Waals surface area contributed by atoms with Crippen LogP contribution in [0.5, 0.6) is 0 Å². The average molecular weight is 280 g/mol. The van der Waals surface area contributed by atoms with E-state index in [0.29, 0.717) is 0 Å². The third-order valence-electron chi connectivity index (χ3n) is 2.45. The van der Waals surface area contributed by atoms with Gasteiger partial charge >= 0.3 is 0 Å². The number of fused-ring (bicyclic) bond motifs is 3. The lowest BCUT2D eigenvalue weighted by Crippen LogP contribution is -2.13. The Labute approximate surface area is 108 Å². The first kappa shape index (κ1) is 13.3. The Morgan fingerprint density at radius 3 is 1.63 bits per heavy atom. The minimum atomic E-state index is -5.17. The van der Waals surface area contributed by atoms with Crippen molar-refractivity contribution in [2.45, 2.75) is 0 Å². The summed E-state index contributed by atoms with van der Waals surface area (Å²) in [6.07, 6.45) is 3.64. The second-order valence-electron chi connectivity index (χ2n) is 3.65. The highest BCUT2D eigenvalue weighted by Gasteiger charge is 2.36. The second-order valence-corrected chi connectivity index (χ2v) is 4.47. The molecular weight excluding hydrogens is 272 g/mol. The molecule has 1 aliphatic carbocycles. The summed E-state index contributed by atoms with van der Waals surface area (Å²) in [6, 6.07) is 7.34. The van der Waals surface area contributed by atoms with Crippen molar-refractivity contribution in [2.24, 2.45) is 0 Å². The van der Waals surface area contributed by atoms with Crippen molar-refractivity contribution in [1.82, 2.24) is 0 Å². The number of H-pyrrole nitrogens is 2.